The van der Waals surface area contributed by atoms with Crippen LogP contribution in [0.15, 0.2) is 0 Å². The van der Waals surface area contributed by atoms with Crippen LogP contribution in [0.25, 0.3) is 0 Å². The minimum Gasteiger partial charge on any atom is -0.299 e. The maximum atomic E-state index is 12.3. The van der Waals surface area contributed by atoms with Crippen LogP contribution in [0.4, 0.5) is 0 Å². The Balaban J connectivity index is 2.18. The number of Topliss-reactive ketones (excluding diaryl/α,β-unsaturated/α-hetero) is 1. The van der Waals surface area contributed by atoms with Crippen LogP contribution in [-0.2, 0) is 34.0 Å². The number of carbonyl (C=O) groups excluding carboxylic acids is 1. The van der Waals surface area contributed by atoms with E-state index in [1.165, 1.54) is 0 Å². The normalized spacial score (nSPS) is 21.2. The monoisotopic (exact) mass is 318 g/mol. The molecular weight excluding hydrogens is 300 g/mol. The molecule has 1 aromatic rings. The van der Waals surface area contributed by atoms with E-state index in [2.05, 4.69) is 5.10 Å². The molecule has 7 heteroatoms. The largest absolute Gasteiger partial charge is 0.299 e. The van der Waals surface area contributed by atoms with Gasteiger partial charge in [0.15, 0.2) is 9.84 Å². The number of sulfone groups is 1. The minimum absolute atomic E-state index is 0.0235. The van der Waals surface area contributed by atoms with Gasteiger partial charge < -0.3 is 0 Å². The maximum absolute atomic E-state index is 12.3. The van der Waals surface area contributed by atoms with E-state index in [1.807, 2.05) is 13.8 Å². The summed E-state index contributed by atoms with van der Waals surface area (Å²) >= 11 is 6.26. The molecule has 1 aliphatic rings. The molecule has 0 amide bonds. The fraction of sp³-hybridized carbons (Fsp3) is 0.692. The summed E-state index contributed by atoms with van der Waals surface area (Å²) in [6, 6.07) is 0. The molecule has 2 rings (SSSR count). The van der Waals surface area contributed by atoms with Gasteiger partial charge in [-0.25, -0.2) is 8.42 Å². The Morgan fingerprint density at radius 1 is 1.45 bits per heavy atom. The lowest BCUT2D eigenvalue weighted by Gasteiger charge is -2.08. The van der Waals surface area contributed by atoms with Crippen LogP contribution in [0, 0.1) is 5.92 Å². The van der Waals surface area contributed by atoms with Crippen molar-refractivity contribution in [3.8, 4) is 0 Å². The fourth-order valence-electron chi connectivity index (χ4n) is 2.54. The van der Waals surface area contributed by atoms with Crippen LogP contribution in [-0.4, -0.2) is 35.5 Å². The Kier molecular flexibility index (Phi) is 4.54. The molecule has 0 saturated carbocycles. The van der Waals surface area contributed by atoms with Gasteiger partial charge in [-0.15, -0.1) is 0 Å². The topological polar surface area (TPSA) is 69.0 Å². The molecule has 1 aliphatic heterocycles. The van der Waals surface area contributed by atoms with Crippen molar-refractivity contribution in [2.24, 2.45) is 5.92 Å². The Morgan fingerprint density at radius 2 is 2.15 bits per heavy atom. The molecule has 5 nitrogen and oxygen atoms in total. The van der Waals surface area contributed by atoms with Gasteiger partial charge in [-0.2, -0.15) is 5.10 Å². The van der Waals surface area contributed by atoms with E-state index in [4.69, 9.17) is 11.6 Å². The average Bonchev–Trinajstić information content (AvgIpc) is 2.91. The van der Waals surface area contributed by atoms with Gasteiger partial charge in [0.2, 0.25) is 0 Å². The van der Waals surface area contributed by atoms with Crippen molar-refractivity contribution in [3.63, 3.8) is 0 Å². The predicted octanol–water partition coefficient (Wildman–Crippen LogP) is 1.67. The number of hydrogen-bond donors (Lipinski definition) is 0. The first-order chi connectivity index (χ1) is 9.38. The number of nitrogens with zero attached hydrogens (tertiary/aromatic N) is 2. The molecule has 2 heterocycles. The second-order valence-corrected chi connectivity index (χ2v) is 7.73. The smallest absolute Gasteiger partial charge is 0.151 e. The quantitative estimate of drug-likeness (QED) is 0.828. The zero-order valence-electron chi connectivity index (χ0n) is 11.7. The van der Waals surface area contributed by atoms with Gasteiger partial charge in [0.05, 0.1) is 34.3 Å². The Morgan fingerprint density at radius 3 is 2.65 bits per heavy atom. The third-order valence-electron chi connectivity index (χ3n) is 3.72. The lowest BCUT2D eigenvalue weighted by molar-refractivity contribution is -0.121. The van der Waals surface area contributed by atoms with E-state index in [1.54, 1.807) is 4.68 Å². The average molecular weight is 319 g/mol. The summed E-state index contributed by atoms with van der Waals surface area (Å²) in [5.74, 6) is -0.346. The first-order valence-electron chi connectivity index (χ1n) is 6.85. The summed E-state index contributed by atoms with van der Waals surface area (Å²) in [7, 11) is -3.03. The molecule has 0 radical (unpaired) electrons. The standard InChI is InChI=1S/C13H19ClN2O3S/c1-3-10-13(14)11(16(4-2)15-10)7-12(17)9-5-6-20(18,19)8-9/h9H,3-8H2,1-2H3. The molecule has 0 bridgehead atoms. The van der Waals surface area contributed by atoms with Crippen molar-refractivity contribution in [1.29, 1.82) is 0 Å². The highest BCUT2D eigenvalue weighted by molar-refractivity contribution is 7.91. The summed E-state index contributed by atoms with van der Waals surface area (Å²) in [6.07, 6.45) is 1.31. The molecule has 0 N–H and O–H groups in total. The van der Waals surface area contributed by atoms with E-state index in [-0.39, 0.29) is 29.6 Å². The summed E-state index contributed by atoms with van der Waals surface area (Å²) in [5.41, 5.74) is 1.50. The van der Waals surface area contributed by atoms with Crippen molar-refractivity contribution in [2.45, 2.75) is 39.7 Å². The SMILES string of the molecule is CCc1nn(CC)c(CC(=O)C2CCS(=O)(=O)C2)c1Cl. The Labute approximate surface area is 124 Å². The van der Waals surface area contributed by atoms with E-state index in [0.717, 1.165) is 5.69 Å². The van der Waals surface area contributed by atoms with Gasteiger partial charge in [-0.05, 0) is 19.8 Å². The van der Waals surface area contributed by atoms with E-state index >= 15 is 0 Å². The highest BCUT2D eigenvalue weighted by Crippen LogP contribution is 2.26. The van der Waals surface area contributed by atoms with Crippen LogP contribution < -0.4 is 0 Å². The number of halogens is 1. The summed E-state index contributed by atoms with van der Waals surface area (Å²) < 4.78 is 24.6. The molecular formula is C13H19ClN2O3S. The Hall–Kier alpha value is -0.880. The third kappa shape index (κ3) is 3.06. The van der Waals surface area contributed by atoms with Crippen LogP contribution in [0.5, 0.6) is 0 Å². The zero-order valence-corrected chi connectivity index (χ0v) is 13.3. The molecule has 1 unspecified atom stereocenters. The summed E-state index contributed by atoms with van der Waals surface area (Å²) in [4.78, 5) is 12.3. The summed E-state index contributed by atoms with van der Waals surface area (Å²) in [6.45, 7) is 4.55. The van der Waals surface area contributed by atoms with Gasteiger partial charge in [-0.1, -0.05) is 18.5 Å². The molecule has 0 aliphatic carbocycles. The van der Waals surface area contributed by atoms with E-state index in [0.29, 0.717) is 30.1 Å². The van der Waals surface area contributed by atoms with Crippen LogP contribution >= 0.6 is 11.6 Å². The zero-order chi connectivity index (χ0) is 14.9. The molecule has 1 fully saturated rings. The molecule has 0 aromatic carbocycles. The van der Waals surface area contributed by atoms with Crippen molar-refractivity contribution < 1.29 is 13.2 Å². The van der Waals surface area contributed by atoms with Gasteiger partial charge in [0.1, 0.15) is 5.78 Å². The first-order valence-corrected chi connectivity index (χ1v) is 9.05. The molecule has 112 valence electrons. The highest BCUT2D eigenvalue weighted by atomic mass is 35.5. The lowest BCUT2D eigenvalue weighted by atomic mass is 9.99. The van der Waals surface area contributed by atoms with Crippen LogP contribution in [0.3, 0.4) is 0 Å². The molecule has 0 spiro atoms. The van der Waals surface area contributed by atoms with Crippen LogP contribution in [0.2, 0.25) is 5.02 Å². The molecule has 1 aromatic heterocycles. The third-order valence-corrected chi connectivity index (χ3v) is 5.93. The van der Waals surface area contributed by atoms with Crippen molar-refractivity contribution in [1.82, 2.24) is 9.78 Å². The Bertz CT molecular complexity index is 622. The number of rotatable bonds is 5. The van der Waals surface area contributed by atoms with Crippen molar-refractivity contribution in [3.05, 3.63) is 16.4 Å². The number of aryl methyl sites for hydroxylation is 2. The number of aromatic nitrogens is 2. The fourth-order valence-corrected chi connectivity index (χ4v) is 4.66. The lowest BCUT2D eigenvalue weighted by Crippen LogP contribution is -2.20. The van der Waals surface area contributed by atoms with E-state index in [9.17, 15) is 13.2 Å². The highest BCUT2D eigenvalue weighted by Gasteiger charge is 2.33. The van der Waals surface area contributed by atoms with Gasteiger partial charge in [0, 0.05) is 12.5 Å². The first kappa shape index (κ1) is 15.5. The van der Waals surface area contributed by atoms with Crippen molar-refractivity contribution >= 4 is 27.2 Å². The molecule has 1 atom stereocenters. The maximum Gasteiger partial charge on any atom is 0.151 e. The number of ketones is 1. The van der Waals surface area contributed by atoms with Crippen LogP contribution in [0.1, 0.15) is 31.7 Å². The van der Waals surface area contributed by atoms with E-state index < -0.39 is 9.84 Å². The second-order valence-electron chi connectivity index (χ2n) is 5.12. The van der Waals surface area contributed by atoms with Gasteiger partial charge in [0.25, 0.3) is 0 Å². The second kappa shape index (κ2) is 5.85. The minimum atomic E-state index is -3.03. The molecule has 20 heavy (non-hydrogen) atoms. The van der Waals surface area contributed by atoms with Gasteiger partial charge >= 0.3 is 0 Å². The van der Waals surface area contributed by atoms with Gasteiger partial charge in [-0.3, -0.25) is 9.48 Å². The van der Waals surface area contributed by atoms with Crippen molar-refractivity contribution in [2.75, 3.05) is 11.5 Å². The summed E-state index contributed by atoms with van der Waals surface area (Å²) in [5, 5.41) is 4.91. The predicted molar refractivity (Wildman–Crippen MR) is 77.8 cm³/mol. The number of carbonyl (C=O) groups is 1. The number of hydrogen-bond acceptors (Lipinski definition) is 4. The molecule has 1 saturated heterocycles.